The molecule has 0 saturated carbocycles. The molecule has 18 heteroatoms. The monoisotopic (exact) mass is 506 g/mol. The highest BCUT2D eigenvalue weighted by Crippen LogP contribution is 3.02. The van der Waals surface area contributed by atoms with Crippen LogP contribution in [-0.4, -0.2) is 42.8 Å². The number of halogens is 8. The molecule has 0 amide bonds. The van der Waals surface area contributed by atoms with Gasteiger partial charge in [-0.1, -0.05) is 25.1 Å². The lowest BCUT2D eigenvalue weighted by atomic mass is 10.0. The Balaban J connectivity index is 2.46. The molecule has 32 heavy (non-hydrogen) atoms. The summed E-state index contributed by atoms with van der Waals surface area (Å²) in [6.07, 6.45) is -9.61. The number of benzene rings is 1. The van der Waals surface area contributed by atoms with E-state index in [2.05, 4.69) is 19.1 Å². The quantitative estimate of drug-likeness (QED) is 0.265. The highest BCUT2D eigenvalue weighted by Gasteiger charge is 2.65. The Morgan fingerprint density at radius 2 is 1.91 bits per heavy atom. The molecule has 0 spiro atoms. The maximum atomic E-state index is 13.4. The summed E-state index contributed by atoms with van der Waals surface area (Å²) in [5.74, 6) is -2.64. The van der Waals surface area contributed by atoms with E-state index in [0.717, 1.165) is 0 Å². The van der Waals surface area contributed by atoms with Gasteiger partial charge in [0.05, 0.1) is 5.57 Å². The Morgan fingerprint density at radius 3 is 2.44 bits per heavy atom. The van der Waals surface area contributed by atoms with Gasteiger partial charge in [-0.15, -0.1) is 0 Å². The number of rotatable bonds is 9. The van der Waals surface area contributed by atoms with Crippen LogP contribution in [0.1, 0.15) is 5.56 Å². The van der Waals surface area contributed by atoms with Gasteiger partial charge in [0.15, 0.2) is 6.10 Å². The fourth-order valence-electron chi connectivity index (χ4n) is 2.44. The number of nitrogens with one attached hydrogen (secondary N) is 1. The lowest BCUT2D eigenvalue weighted by Gasteiger charge is -2.41. The zero-order valence-corrected chi connectivity index (χ0v) is 16.1. The van der Waals surface area contributed by atoms with Crippen molar-refractivity contribution < 1.29 is 67.4 Å². The van der Waals surface area contributed by atoms with Crippen LogP contribution in [0, 0.1) is 5.21 Å². The molecule has 184 valence electrons. The van der Waals surface area contributed by atoms with E-state index < -0.39 is 69.6 Å². The summed E-state index contributed by atoms with van der Waals surface area (Å²) in [5, 5.41) is 18.6. The van der Waals surface area contributed by atoms with Crippen molar-refractivity contribution in [3.05, 3.63) is 34.5 Å². The molecule has 2 rings (SSSR count). The lowest BCUT2D eigenvalue weighted by Crippen LogP contribution is -2.77. The predicted octanol–water partition coefficient (Wildman–Crippen LogP) is 2.87. The van der Waals surface area contributed by atoms with Crippen molar-refractivity contribution in [3.8, 4) is 5.75 Å². The SMILES string of the molecule is O=C(OC(CONO)CO[NH2+][O-])C1=Cc2cc(S(F)(F)(F)(F)F)ccc2O[C@@H]1C(F)(F)F. The number of carbonyl (C=O) groups is 1. The minimum absolute atomic E-state index is 0.105. The van der Waals surface area contributed by atoms with Gasteiger partial charge in [0.2, 0.25) is 6.10 Å². The molecule has 0 aliphatic carbocycles. The molecule has 0 fully saturated rings. The van der Waals surface area contributed by atoms with Crippen LogP contribution in [0.5, 0.6) is 5.75 Å². The second-order valence-corrected chi connectivity index (χ2v) is 8.58. The summed E-state index contributed by atoms with van der Waals surface area (Å²) in [6, 6.07) is -0.0407. The van der Waals surface area contributed by atoms with Gasteiger partial charge in [-0.25, -0.2) is 15.3 Å². The molecule has 1 aromatic carbocycles. The number of nitrogens with two attached hydrogens (primary N) is 1. The van der Waals surface area contributed by atoms with Crippen molar-refractivity contribution in [1.29, 1.82) is 0 Å². The third kappa shape index (κ3) is 6.64. The molecular weight excluding hydrogens is 492 g/mol. The second-order valence-electron chi connectivity index (χ2n) is 6.17. The van der Waals surface area contributed by atoms with Crippen molar-refractivity contribution >= 4 is 22.3 Å². The van der Waals surface area contributed by atoms with E-state index in [-0.39, 0.29) is 29.9 Å². The van der Waals surface area contributed by atoms with Crippen LogP contribution in [0.3, 0.4) is 0 Å². The number of alkyl halides is 3. The first kappa shape index (κ1) is 26.0. The third-order valence-electron chi connectivity index (χ3n) is 3.76. The van der Waals surface area contributed by atoms with Crippen LogP contribution >= 0.6 is 10.2 Å². The van der Waals surface area contributed by atoms with Crippen molar-refractivity contribution in [2.75, 3.05) is 13.2 Å². The molecular formula is C14H14F8N2O7S. The van der Waals surface area contributed by atoms with E-state index in [0.29, 0.717) is 0 Å². The first-order chi connectivity index (χ1) is 14.5. The summed E-state index contributed by atoms with van der Waals surface area (Å²) in [4.78, 5) is 18.4. The van der Waals surface area contributed by atoms with Crippen LogP contribution in [-0.2, 0) is 19.2 Å². The molecule has 0 saturated heterocycles. The molecule has 1 aliphatic rings. The highest BCUT2D eigenvalue weighted by molar-refractivity contribution is 8.45. The smallest absolute Gasteiger partial charge is 0.430 e. The Labute approximate surface area is 173 Å². The molecule has 0 radical (unpaired) electrons. The van der Waals surface area contributed by atoms with E-state index >= 15 is 0 Å². The van der Waals surface area contributed by atoms with Gasteiger partial charge < -0.3 is 14.7 Å². The first-order valence-corrected chi connectivity index (χ1v) is 10.0. The average Bonchev–Trinajstić information content (AvgIpc) is 2.65. The summed E-state index contributed by atoms with van der Waals surface area (Å²) in [5.41, 5.74) is -1.20. The molecule has 1 unspecified atom stereocenters. The largest absolute Gasteiger partial charge is 0.601 e. The lowest BCUT2D eigenvalue weighted by molar-refractivity contribution is -0.851. The summed E-state index contributed by atoms with van der Waals surface area (Å²) < 4.78 is 114. The third-order valence-corrected chi connectivity index (χ3v) is 4.90. The van der Waals surface area contributed by atoms with Crippen molar-refractivity contribution in [1.82, 2.24) is 5.64 Å². The van der Waals surface area contributed by atoms with Gasteiger partial charge in [-0.2, -0.15) is 13.2 Å². The summed E-state index contributed by atoms with van der Waals surface area (Å²) in [6.45, 7) is -1.49. The molecule has 1 heterocycles. The number of carbonyl (C=O) groups excluding carboxylic acids is 1. The van der Waals surface area contributed by atoms with Gasteiger partial charge in [0, 0.05) is 5.56 Å². The minimum atomic E-state index is -10.2. The maximum absolute atomic E-state index is 13.4. The van der Waals surface area contributed by atoms with E-state index in [9.17, 15) is 42.6 Å². The Kier molecular flexibility index (Phi) is 6.74. The number of hydrogen-bond donors (Lipinski definition) is 3. The van der Waals surface area contributed by atoms with E-state index in [1.54, 1.807) is 0 Å². The highest BCUT2D eigenvalue weighted by atomic mass is 32.5. The van der Waals surface area contributed by atoms with Gasteiger partial charge in [-0.3, -0.25) is 10.0 Å². The van der Waals surface area contributed by atoms with Gasteiger partial charge in [0.25, 0.3) is 0 Å². The van der Waals surface area contributed by atoms with E-state index in [1.165, 1.54) is 5.64 Å². The van der Waals surface area contributed by atoms with Gasteiger partial charge in [0.1, 0.15) is 23.9 Å². The standard InChI is InChI=1S/C14H14F8N2O7S/c15-14(16,17)12-10(13(25)30-8(5-28-23-26)6-29-24-27)4-7-3-9(1-2-11(7)31-12)32(18,19,20,21)22/h1-4,8,12,23,26H,5-6,24H2/t8?,12-/m0/s1. The normalized spacial score (nSPS) is 19.7. The molecule has 9 nitrogen and oxygen atoms in total. The average molecular weight is 506 g/mol. The van der Waals surface area contributed by atoms with Crippen molar-refractivity contribution in [3.63, 3.8) is 0 Å². The first-order valence-electron chi connectivity index (χ1n) is 8.06. The minimum Gasteiger partial charge on any atom is -0.601 e. The maximum Gasteiger partial charge on any atom is 0.430 e. The van der Waals surface area contributed by atoms with Crippen LogP contribution < -0.4 is 16.0 Å². The molecule has 1 aromatic rings. The number of fused-ring (bicyclic) bond motifs is 1. The van der Waals surface area contributed by atoms with Gasteiger partial charge in [-0.05, 0) is 24.3 Å². The number of hydrogen-bond acceptors (Lipinski definition) is 8. The topological polar surface area (TPSA) is 126 Å². The zero-order chi connectivity index (χ0) is 24.4. The number of ether oxygens (including phenoxy) is 2. The molecule has 4 N–H and O–H groups in total. The number of esters is 1. The van der Waals surface area contributed by atoms with Gasteiger partial charge >= 0.3 is 22.4 Å². The fraction of sp³-hybridized carbons (Fsp3) is 0.357. The molecule has 0 aromatic heterocycles. The molecule has 0 bridgehead atoms. The molecule has 2 atom stereocenters. The molecule has 1 aliphatic heterocycles. The number of quaternary nitrogens is 1. The van der Waals surface area contributed by atoms with Crippen molar-refractivity contribution in [2.24, 2.45) is 0 Å². The predicted molar refractivity (Wildman–Crippen MR) is 88.3 cm³/mol. The Hall–Kier alpha value is -2.22. The Morgan fingerprint density at radius 1 is 1.25 bits per heavy atom. The van der Waals surface area contributed by atoms with Crippen LogP contribution in [0.25, 0.3) is 6.08 Å². The van der Waals surface area contributed by atoms with Crippen LogP contribution in [0.4, 0.5) is 32.6 Å². The van der Waals surface area contributed by atoms with E-state index in [4.69, 9.17) is 5.21 Å². The fourth-order valence-corrected chi connectivity index (χ4v) is 3.12. The van der Waals surface area contributed by atoms with Crippen LogP contribution in [0.2, 0.25) is 0 Å². The zero-order valence-electron chi connectivity index (χ0n) is 15.3. The Bertz CT molecular complexity index is 886. The summed E-state index contributed by atoms with van der Waals surface area (Å²) >= 11 is 0. The van der Waals surface area contributed by atoms with Crippen molar-refractivity contribution in [2.45, 2.75) is 23.3 Å². The van der Waals surface area contributed by atoms with E-state index in [1.807, 2.05) is 0 Å². The second kappa shape index (κ2) is 8.28. The van der Waals surface area contributed by atoms with Crippen LogP contribution in [0.15, 0.2) is 28.7 Å². The summed E-state index contributed by atoms with van der Waals surface area (Å²) in [7, 11) is -10.2.